The Hall–Kier alpha value is -1.25. The first kappa shape index (κ1) is 6.46. The van der Waals surface area contributed by atoms with Gasteiger partial charge in [0.05, 0.1) is 0 Å². The standard InChI is InChI=1S/C8H8N2O/c11-5-8-9-4-6-2-1-3-7(6)10-8/h4-5H,1-3H2. The number of hydrogen-bond acceptors (Lipinski definition) is 3. The van der Waals surface area contributed by atoms with Crippen molar-refractivity contribution in [3.63, 3.8) is 0 Å². The number of nitrogens with zero attached hydrogens (tertiary/aromatic N) is 2. The molecule has 0 fully saturated rings. The molecule has 0 spiro atoms. The van der Waals surface area contributed by atoms with Crippen LogP contribution in [0.5, 0.6) is 0 Å². The van der Waals surface area contributed by atoms with E-state index in [4.69, 9.17) is 0 Å². The van der Waals surface area contributed by atoms with Crippen LogP contribution in [0.2, 0.25) is 0 Å². The third-order valence-electron chi connectivity index (χ3n) is 1.94. The molecule has 0 saturated carbocycles. The largest absolute Gasteiger partial charge is 0.294 e. The predicted octanol–water partition coefficient (Wildman–Crippen LogP) is 0.778. The van der Waals surface area contributed by atoms with Crippen LogP contribution in [0.1, 0.15) is 28.3 Å². The minimum Gasteiger partial charge on any atom is -0.294 e. The van der Waals surface area contributed by atoms with E-state index in [1.54, 1.807) is 6.20 Å². The van der Waals surface area contributed by atoms with Crippen molar-refractivity contribution in [2.24, 2.45) is 0 Å². The van der Waals surface area contributed by atoms with E-state index in [9.17, 15) is 4.79 Å². The minimum atomic E-state index is 0.311. The Morgan fingerprint density at radius 3 is 3.18 bits per heavy atom. The number of aldehydes is 1. The molecule has 56 valence electrons. The van der Waals surface area contributed by atoms with Gasteiger partial charge >= 0.3 is 0 Å². The van der Waals surface area contributed by atoms with E-state index in [1.807, 2.05) is 0 Å². The van der Waals surface area contributed by atoms with Crippen molar-refractivity contribution in [2.75, 3.05) is 0 Å². The molecule has 0 saturated heterocycles. The summed E-state index contributed by atoms with van der Waals surface area (Å²) in [5.41, 5.74) is 2.26. The van der Waals surface area contributed by atoms with E-state index in [0.29, 0.717) is 12.1 Å². The van der Waals surface area contributed by atoms with E-state index in [-0.39, 0.29) is 0 Å². The Kier molecular flexibility index (Phi) is 1.42. The third kappa shape index (κ3) is 1.02. The molecule has 0 radical (unpaired) electrons. The summed E-state index contributed by atoms with van der Waals surface area (Å²) in [6, 6.07) is 0. The van der Waals surface area contributed by atoms with Crippen molar-refractivity contribution in [3.05, 3.63) is 23.3 Å². The molecule has 1 aliphatic rings. The maximum atomic E-state index is 10.3. The van der Waals surface area contributed by atoms with Gasteiger partial charge in [-0.15, -0.1) is 0 Å². The van der Waals surface area contributed by atoms with Crippen molar-refractivity contribution in [1.29, 1.82) is 0 Å². The molecule has 0 amide bonds. The molecule has 1 aliphatic carbocycles. The molecular weight excluding hydrogens is 140 g/mol. The summed E-state index contributed by atoms with van der Waals surface area (Å²) in [4.78, 5) is 18.3. The summed E-state index contributed by atoms with van der Waals surface area (Å²) < 4.78 is 0. The molecule has 3 heteroatoms. The first-order chi connectivity index (χ1) is 5.40. The maximum absolute atomic E-state index is 10.3. The van der Waals surface area contributed by atoms with Crippen LogP contribution in [-0.2, 0) is 12.8 Å². The van der Waals surface area contributed by atoms with Gasteiger partial charge in [0.15, 0.2) is 12.1 Å². The summed E-state index contributed by atoms with van der Waals surface area (Å²) in [6.07, 6.45) is 5.66. The molecule has 11 heavy (non-hydrogen) atoms. The van der Waals surface area contributed by atoms with Crippen LogP contribution in [0, 0.1) is 0 Å². The average molecular weight is 148 g/mol. The van der Waals surface area contributed by atoms with Gasteiger partial charge in [0, 0.05) is 11.9 Å². The zero-order chi connectivity index (χ0) is 7.68. The zero-order valence-electron chi connectivity index (χ0n) is 6.08. The van der Waals surface area contributed by atoms with E-state index in [2.05, 4.69) is 9.97 Å². The lowest BCUT2D eigenvalue weighted by atomic mass is 10.3. The van der Waals surface area contributed by atoms with Gasteiger partial charge in [-0.2, -0.15) is 0 Å². The molecular formula is C8H8N2O. The second-order valence-electron chi connectivity index (χ2n) is 2.67. The third-order valence-corrected chi connectivity index (χ3v) is 1.94. The normalized spacial score (nSPS) is 14.5. The smallest absolute Gasteiger partial charge is 0.192 e. The average Bonchev–Trinajstić information content (AvgIpc) is 2.50. The zero-order valence-corrected chi connectivity index (χ0v) is 6.08. The fourth-order valence-electron chi connectivity index (χ4n) is 1.39. The van der Waals surface area contributed by atoms with Gasteiger partial charge in [-0.3, -0.25) is 4.79 Å². The number of fused-ring (bicyclic) bond motifs is 1. The monoisotopic (exact) mass is 148 g/mol. The second kappa shape index (κ2) is 2.42. The Balaban J connectivity index is 2.48. The highest BCUT2D eigenvalue weighted by Gasteiger charge is 2.12. The molecule has 0 N–H and O–H groups in total. The number of aromatic nitrogens is 2. The van der Waals surface area contributed by atoms with Gasteiger partial charge in [0.2, 0.25) is 0 Å². The predicted molar refractivity (Wildman–Crippen MR) is 39.4 cm³/mol. The van der Waals surface area contributed by atoms with Crippen molar-refractivity contribution >= 4 is 6.29 Å². The summed E-state index contributed by atoms with van der Waals surface area (Å²) in [5, 5.41) is 0. The lowest BCUT2D eigenvalue weighted by Crippen LogP contribution is -1.97. The molecule has 0 unspecified atom stereocenters. The molecule has 1 aromatic heterocycles. The molecule has 1 aromatic rings. The van der Waals surface area contributed by atoms with Crippen LogP contribution in [0.25, 0.3) is 0 Å². The molecule has 0 bridgehead atoms. The van der Waals surface area contributed by atoms with Gasteiger partial charge in [0.1, 0.15) is 0 Å². The van der Waals surface area contributed by atoms with E-state index >= 15 is 0 Å². The molecule has 0 aromatic carbocycles. The molecule has 0 atom stereocenters. The number of aryl methyl sites for hydroxylation is 2. The fourth-order valence-corrected chi connectivity index (χ4v) is 1.39. The Bertz CT molecular complexity index is 296. The minimum absolute atomic E-state index is 0.311. The van der Waals surface area contributed by atoms with E-state index in [1.165, 1.54) is 5.56 Å². The van der Waals surface area contributed by atoms with Crippen LogP contribution in [0.4, 0.5) is 0 Å². The van der Waals surface area contributed by atoms with Crippen molar-refractivity contribution in [3.8, 4) is 0 Å². The van der Waals surface area contributed by atoms with Crippen molar-refractivity contribution < 1.29 is 4.79 Å². The van der Waals surface area contributed by atoms with E-state index < -0.39 is 0 Å². The Morgan fingerprint density at radius 1 is 1.45 bits per heavy atom. The number of carbonyl (C=O) groups excluding carboxylic acids is 1. The maximum Gasteiger partial charge on any atom is 0.192 e. The second-order valence-corrected chi connectivity index (χ2v) is 2.67. The fraction of sp³-hybridized carbons (Fsp3) is 0.375. The van der Waals surface area contributed by atoms with E-state index in [0.717, 1.165) is 25.0 Å². The topological polar surface area (TPSA) is 42.9 Å². The van der Waals surface area contributed by atoms with Gasteiger partial charge in [-0.25, -0.2) is 9.97 Å². The highest BCUT2D eigenvalue weighted by Crippen LogP contribution is 2.17. The first-order valence-corrected chi connectivity index (χ1v) is 3.70. The van der Waals surface area contributed by atoms with Crippen LogP contribution in [0.3, 0.4) is 0 Å². The molecule has 0 aliphatic heterocycles. The van der Waals surface area contributed by atoms with Crippen LogP contribution in [-0.4, -0.2) is 16.3 Å². The van der Waals surface area contributed by atoms with Crippen LogP contribution >= 0.6 is 0 Å². The summed E-state index contributed by atoms with van der Waals surface area (Å²) in [5.74, 6) is 0.311. The van der Waals surface area contributed by atoms with Gasteiger partial charge in [0.25, 0.3) is 0 Å². The molecule has 3 nitrogen and oxygen atoms in total. The van der Waals surface area contributed by atoms with Crippen molar-refractivity contribution in [2.45, 2.75) is 19.3 Å². The lowest BCUT2D eigenvalue weighted by Gasteiger charge is -1.95. The van der Waals surface area contributed by atoms with Gasteiger partial charge in [-0.05, 0) is 24.8 Å². The van der Waals surface area contributed by atoms with Gasteiger partial charge < -0.3 is 0 Å². The summed E-state index contributed by atoms with van der Waals surface area (Å²) in [7, 11) is 0. The SMILES string of the molecule is O=Cc1ncc2c(n1)CCC2. The Morgan fingerprint density at radius 2 is 2.36 bits per heavy atom. The number of hydrogen-bond donors (Lipinski definition) is 0. The highest BCUT2D eigenvalue weighted by atomic mass is 16.1. The van der Waals surface area contributed by atoms with Crippen molar-refractivity contribution in [1.82, 2.24) is 9.97 Å². The highest BCUT2D eigenvalue weighted by molar-refractivity contribution is 5.68. The number of rotatable bonds is 1. The summed E-state index contributed by atoms with van der Waals surface area (Å²) in [6.45, 7) is 0. The molecule has 2 rings (SSSR count). The van der Waals surface area contributed by atoms with Crippen LogP contribution in [0.15, 0.2) is 6.20 Å². The van der Waals surface area contributed by atoms with Gasteiger partial charge in [-0.1, -0.05) is 0 Å². The Labute approximate surface area is 64.5 Å². The number of carbonyl (C=O) groups is 1. The lowest BCUT2D eigenvalue weighted by molar-refractivity contribution is 0.111. The quantitative estimate of drug-likeness (QED) is 0.552. The first-order valence-electron chi connectivity index (χ1n) is 3.70. The summed E-state index contributed by atoms with van der Waals surface area (Å²) >= 11 is 0. The van der Waals surface area contributed by atoms with Crippen LogP contribution < -0.4 is 0 Å². The molecule has 1 heterocycles.